The molecule has 1 N–H and O–H groups in total. The SMILES string of the molecule is O=C(NCCN1CCCC1)c1ccc(CC2CCN(CC(c3ccccc3)c3ccccc3)CC2)cc1. The van der Waals surface area contributed by atoms with Crippen LogP contribution in [0, 0.1) is 5.92 Å². The normalized spacial score (nSPS) is 17.3. The lowest BCUT2D eigenvalue weighted by Crippen LogP contribution is -2.37. The number of piperidine rings is 1. The van der Waals surface area contributed by atoms with E-state index >= 15 is 0 Å². The average Bonchev–Trinajstić information content (AvgIpc) is 3.47. The van der Waals surface area contributed by atoms with E-state index in [1.807, 2.05) is 12.1 Å². The maximum Gasteiger partial charge on any atom is 0.251 e. The number of nitrogens with zero attached hydrogens (tertiary/aromatic N) is 2. The molecule has 3 aromatic carbocycles. The van der Waals surface area contributed by atoms with Gasteiger partial charge < -0.3 is 15.1 Å². The second-order valence-corrected chi connectivity index (χ2v) is 10.8. The number of carbonyl (C=O) groups is 1. The number of amides is 1. The zero-order chi connectivity index (χ0) is 25.3. The van der Waals surface area contributed by atoms with E-state index in [2.05, 4.69) is 87.9 Å². The highest BCUT2D eigenvalue weighted by Gasteiger charge is 2.23. The number of hydrogen-bond donors (Lipinski definition) is 1. The lowest BCUT2D eigenvalue weighted by Gasteiger charge is -2.34. The van der Waals surface area contributed by atoms with Gasteiger partial charge in [0.25, 0.3) is 5.91 Å². The van der Waals surface area contributed by atoms with E-state index in [-0.39, 0.29) is 5.91 Å². The maximum absolute atomic E-state index is 12.5. The molecule has 37 heavy (non-hydrogen) atoms. The van der Waals surface area contributed by atoms with Crippen LogP contribution in [0.3, 0.4) is 0 Å². The molecule has 2 aliphatic rings. The lowest BCUT2D eigenvalue weighted by atomic mass is 9.87. The fourth-order valence-electron chi connectivity index (χ4n) is 5.97. The molecule has 5 rings (SSSR count). The predicted octanol–water partition coefficient (Wildman–Crippen LogP) is 5.60. The Morgan fingerprint density at radius 3 is 1.95 bits per heavy atom. The summed E-state index contributed by atoms with van der Waals surface area (Å²) in [4.78, 5) is 17.6. The summed E-state index contributed by atoms with van der Waals surface area (Å²) in [5.74, 6) is 1.17. The summed E-state index contributed by atoms with van der Waals surface area (Å²) in [6.07, 6.45) is 6.14. The fourth-order valence-corrected chi connectivity index (χ4v) is 5.97. The molecule has 194 valence electrons. The quantitative estimate of drug-likeness (QED) is 0.398. The Balaban J connectivity index is 1.09. The van der Waals surface area contributed by atoms with Crippen molar-refractivity contribution in [2.45, 2.75) is 38.0 Å². The van der Waals surface area contributed by atoms with Crippen molar-refractivity contribution in [2.75, 3.05) is 45.8 Å². The molecule has 0 atom stereocenters. The van der Waals surface area contributed by atoms with Crippen LogP contribution in [0.15, 0.2) is 84.9 Å². The molecule has 3 aromatic rings. The van der Waals surface area contributed by atoms with Gasteiger partial charge in [0.05, 0.1) is 0 Å². The predicted molar refractivity (Wildman–Crippen MR) is 152 cm³/mol. The molecule has 0 aliphatic carbocycles. The Morgan fingerprint density at radius 2 is 1.35 bits per heavy atom. The van der Waals surface area contributed by atoms with Gasteiger partial charge in [0.1, 0.15) is 0 Å². The zero-order valence-electron chi connectivity index (χ0n) is 22.0. The molecule has 0 saturated carbocycles. The van der Waals surface area contributed by atoms with Crippen LogP contribution < -0.4 is 5.32 Å². The van der Waals surface area contributed by atoms with Crippen molar-refractivity contribution in [3.05, 3.63) is 107 Å². The highest BCUT2D eigenvalue weighted by molar-refractivity contribution is 5.94. The Hall–Kier alpha value is -2.95. The van der Waals surface area contributed by atoms with E-state index in [0.29, 0.717) is 11.8 Å². The standard InChI is InChI=1S/C33H41N3O/c37-33(34-19-24-35-20-7-8-21-35)31-15-13-27(14-16-31)25-28-17-22-36(23-18-28)26-32(29-9-3-1-4-10-29)30-11-5-2-6-12-30/h1-6,9-16,28,32H,7-8,17-26H2,(H,34,37). The van der Waals surface area contributed by atoms with Crippen molar-refractivity contribution >= 4 is 5.91 Å². The number of rotatable bonds is 10. The van der Waals surface area contributed by atoms with Gasteiger partial charge in [-0.15, -0.1) is 0 Å². The zero-order valence-corrected chi connectivity index (χ0v) is 22.0. The highest BCUT2D eigenvalue weighted by Crippen LogP contribution is 2.29. The van der Waals surface area contributed by atoms with Gasteiger partial charge in [0.15, 0.2) is 0 Å². The summed E-state index contributed by atoms with van der Waals surface area (Å²) >= 11 is 0. The van der Waals surface area contributed by atoms with Gasteiger partial charge in [-0.3, -0.25) is 4.79 Å². The van der Waals surface area contributed by atoms with Crippen LogP contribution in [0.4, 0.5) is 0 Å². The number of likely N-dealkylation sites (tertiary alicyclic amines) is 2. The van der Waals surface area contributed by atoms with Gasteiger partial charge in [-0.2, -0.15) is 0 Å². The first-order valence-corrected chi connectivity index (χ1v) is 14.2. The fraction of sp³-hybridized carbons (Fsp3) is 0.424. The van der Waals surface area contributed by atoms with E-state index in [0.717, 1.165) is 44.7 Å². The van der Waals surface area contributed by atoms with Crippen LogP contribution in [-0.4, -0.2) is 61.5 Å². The lowest BCUT2D eigenvalue weighted by molar-refractivity contribution is 0.0949. The van der Waals surface area contributed by atoms with Crippen LogP contribution in [-0.2, 0) is 6.42 Å². The first-order valence-electron chi connectivity index (χ1n) is 14.2. The van der Waals surface area contributed by atoms with Gasteiger partial charge in [0, 0.05) is 31.1 Å². The van der Waals surface area contributed by atoms with Gasteiger partial charge in [-0.05, 0) is 93.0 Å². The largest absolute Gasteiger partial charge is 0.351 e. The Bertz CT molecular complexity index is 1050. The van der Waals surface area contributed by atoms with Gasteiger partial charge in [-0.25, -0.2) is 0 Å². The molecule has 4 nitrogen and oxygen atoms in total. The third-order valence-electron chi connectivity index (χ3n) is 8.20. The van der Waals surface area contributed by atoms with Crippen molar-refractivity contribution in [1.29, 1.82) is 0 Å². The van der Waals surface area contributed by atoms with Crippen molar-refractivity contribution in [2.24, 2.45) is 5.92 Å². The Kier molecular flexibility index (Phi) is 9.04. The van der Waals surface area contributed by atoms with Crippen molar-refractivity contribution in [1.82, 2.24) is 15.1 Å². The van der Waals surface area contributed by atoms with Crippen molar-refractivity contribution in [3.8, 4) is 0 Å². The number of carbonyl (C=O) groups excluding carboxylic acids is 1. The smallest absolute Gasteiger partial charge is 0.251 e. The second-order valence-electron chi connectivity index (χ2n) is 10.8. The molecule has 1 amide bonds. The molecule has 0 aromatic heterocycles. The third-order valence-corrected chi connectivity index (χ3v) is 8.20. The van der Waals surface area contributed by atoms with Crippen LogP contribution in [0.5, 0.6) is 0 Å². The monoisotopic (exact) mass is 495 g/mol. The van der Waals surface area contributed by atoms with E-state index in [4.69, 9.17) is 0 Å². The summed E-state index contributed by atoms with van der Waals surface area (Å²) in [7, 11) is 0. The van der Waals surface area contributed by atoms with Crippen molar-refractivity contribution in [3.63, 3.8) is 0 Å². The van der Waals surface area contributed by atoms with E-state index in [1.54, 1.807) is 0 Å². The summed E-state index contributed by atoms with van der Waals surface area (Å²) in [6.45, 7) is 7.40. The molecule has 2 aliphatic heterocycles. The maximum atomic E-state index is 12.5. The minimum absolute atomic E-state index is 0.0467. The molecule has 2 heterocycles. The molecular formula is C33H41N3O. The molecule has 0 unspecified atom stereocenters. The van der Waals surface area contributed by atoms with Crippen LogP contribution in [0.2, 0.25) is 0 Å². The Labute approximate surface area is 222 Å². The second kappa shape index (κ2) is 13.0. The summed E-state index contributed by atoms with van der Waals surface area (Å²) < 4.78 is 0. The van der Waals surface area contributed by atoms with Crippen LogP contribution in [0.1, 0.15) is 58.6 Å². The van der Waals surface area contributed by atoms with Gasteiger partial charge in [-0.1, -0.05) is 72.8 Å². The first-order chi connectivity index (χ1) is 18.2. The molecule has 4 heteroatoms. The molecular weight excluding hydrogens is 454 g/mol. The first kappa shape index (κ1) is 25.7. The van der Waals surface area contributed by atoms with E-state index in [9.17, 15) is 4.79 Å². The minimum Gasteiger partial charge on any atom is -0.351 e. The summed E-state index contributed by atoms with van der Waals surface area (Å²) in [5, 5.41) is 3.08. The number of benzene rings is 3. The van der Waals surface area contributed by atoms with E-state index in [1.165, 1.54) is 55.5 Å². The molecule has 0 radical (unpaired) electrons. The minimum atomic E-state index is 0.0467. The van der Waals surface area contributed by atoms with Crippen LogP contribution >= 0.6 is 0 Å². The highest BCUT2D eigenvalue weighted by atomic mass is 16.1. The summed E-state index contributed by atoms with van der Waals surface area (Å²) in [6, 6.07) is 30.2. The number of hydrogen-bond acceptors (Lipinski definition) is 3. The molecule has 2 saturated heterocycles. The summed E-state index contributed by atoms with van der Waals surface area (Å²) in [5.41, 5.74) is 4.92. The van der Waals surface area contributed by atoms with Crippen LogP contribution in [0.25, 0.3) is 0 Å². The Morgan fingerprint density at radius 1 is 0.757 bits per heavy atom. The third kappa shape index (κ3) is 7.30. The topological polar surface area (TPSA) is 35.6 Å². The van der Waals surface area contributed by atoms with E-state index < -0.39 is 0 Å². The van der Waals surface area contributed by atoms with Crippen molar-refractivity contribution < 1.29 is 4.79 Å². The van der Waals surface area contributed by atoms with Gasteiger partial charge in [0.2, 0.25) is 0 Å². The molecule has 0 spiro atoms. The molecule has 2 fully saturated rings. The average molecular weight is 496 g/mol. The number of nitrogens with one attached hydrogen (secondary N) is 1. The molecule has 0 bridgehead atoms. The van der Waals surface area contributed by atoms with Gasteiger partial charge >= 0.3 is 0 Å².